The predicted molar refractivity (Wildman–Crippen MR) is 116 cm³/mol. The molecule has 1 N–H and O–H groups in total. The minimum absolute atomic E-state index is 0.125. The first-order chi connectivity index (χ1) is 12.6. The molecule has 2 rings (SSSR count). The van der Waals surface area contributed by atoms with E-state index in [4.69, 9.17) is 0 Å². The van der Waals surface area contributed by atoms with Gasteiger partial charge in [0.05, 0.1) is 0 Å². The van der Waals surface area contributed by atoms with Gasteiger partial charge in [0.15, 0.2) is 0 Å². The molecule has 150 valence electrons. The summed E-state index contributed by atoms with van der Waals surface area (Å²) in [6, 6.07) is 5.61. The first kappa shape index (κ1) is 23.5. The summed E-state index contributed by atoms with van der Waals surface area (Å²) in [5.74, 6) is 2.17. The van der Waals surface area contributed by atoms with Crippen LogP contribution in [0.2, 0.25) is 0 Å². The molecule has 26 heavy (non-hydrogen) atoms. The number of rotatable bonds is 12. The summed E-state index contributed by atoms with van der Waals surface area (Å²) in [6.07, 6.45) is 14.0. The van der Waals surface area contributed by atoms with E-state index in [0.717, 1.165) is 22.8 Å². The van der Waals surface area contributed by atoms with Gasteiger partial charge in [0, 0.05) is 11.8 Å². The van der Waals surface area contributed by atoms with E-state index in [0.29, 0.717) is 0 Å². The van der Waals surface area contributed by atoms with Gasteiger partial charge >= 0.3 is 0 Å². The zero-order valence-corrected chi connectivity index (χ0v) is 18.3. The maximum atomic E-state index is 13.2. The molecule has 1 fully saturated rings. The van der Waals surface area contributed by atoms with E-state index >= 15 is 0 Å². The molecule has 1 saturated carbocycles. The summed E-state index contributed by atoms with van der Waals surface area (Å²) in [7, 11) is 0. The fraction of sp³-hybridized carbons (Fsp3) is 0.739. The monoisotopic (exact) mass is 381 g/mol. The summed E-state index contributed by atoms with van der Waals surface area (Å²) in [6.45, 7) is 8.44. The van der Waals surface area contributed by atoms with Crippen LogP contribution in [-0.4, -0.2) is 5.75 Å². The zero-order valence-electron chi connectivity index (χ0n) is 17.5. The van der Waals surface area contributed by atoms with Crippen molar-refractivity contribution in [3.63, 3.8) is 0 Å². The molecule has 0 amide bonds. The van der Waals surface area contributed by atoms with Gasteiger partial charge in [0.2, 0.25) is 0 Å². The lowest BCUT2D eigenvalue weighted by molar-refractivity contribution is 0.615. The van der Waals surface area contributed by atoms with E-state index in [1.54, 1.807) is 18.0 Å². The average Bonchev–Trinajstić information content (AvgIpc) is 3.46. The Kier molecular flexibility index (Phi) is 13.1. The first-order valence-electron chi connectivity index (χ1n) is 10.7. The highest BCUT2D eigenvalue weighted by atomic mass is 32.2. The van der Waals surface area contributed by atoms with E-state index in [1.807, 2.05) is 19.1 Å². The van der Waals surface area contributed by atoms with Crippen molar-refractivity contribution in [2.45, 2.75) is 97.9 Å². The topological polar surface area (TPSA) is 12.0 Å². The third-order valence-electron chi connectivity index (χ3n) is 4.95. The fourth-order valence-corrected chi connectivity index (χ4v) is 3.72. The molecule has 0 saturated heterocycles. The van der Waals surface area contributed by atoms with Crippen LogP contribution in [0.4, 0.5) is 4.39 Å². The molecule has 1 aliphatic carbocycles. The molecule has 1 aromatic rings. The Morgan fingerprint density at radius 2 is 1.77 bits per heavy atom. The summed E-state index contributed by atoms with van der Waals surface area (Å²) in [5, 5.41) is 0. The number of nitrogens with one attached hydrogen (secondary N) is 1. The lowest BCUT2D eigenvalue weighted by Gasteiger charge is -2.14. The van der Waals surface area contributed by atoms with E-state index in [2.05, 4.69) is 25.5 Å². The molecule has 1 unspecified atom stereocenters. The van der Waals surface area contributed by atoms with Crippen molar-refractivity contribution in [3.8, 4) is 0 Å². The van der Waals surface area contributed by atoms with Gasteiger partial charge in [0.1, 0.15) is 5.82 Å². The maximum Gasteiger partial charge on any atom is 0.126 e. The Morgan fingerprint density at radius 1 is 1.08 bits per heavy atom. The SMILES string of the molecule is CCCCC1CC1.CCCCCCCSNC(C)c1ccc(F)c(C)c1. The maximum absolute atomic E-state index is 13.2. The Labute approximate surface area is 166 Å². The van der Waals surface area contributed by atoms with E-state index in [-0.39, 0.29) is 11.9 Å². The molecule has 3 heteroatoms. The molecular formula is C23H40FNS. The molecule has 0 aromatic heterocycles. The lowest BCUT2D eigenvalue weighted by atomic mass is 10.1. The van der Waals surface area contributed by atoms with Crippen molar-refractivity contribution in [1.29, 1.82) is 0 Å². The lowest BCUT2D eigenvalue weighted by Crippen LogP contribution is -2.11. The number of unbranched alkanes of at least 4 members (excludes halogenated alkanes) is 5. The van der Waals surface area contributed by atoms with Gasteiger partial charge in [-0.15, -0.1) is 0 Å². The Bertz CT molecular complexity index is 473. The second-order valence-corrected chi connectivity index (χ2v) is 8.63. The van der Waals surface area contributed by atoms with Crippen molar-refractivity contribution in [2.24, 2.45) is 5.92 Å². The molecule has 0 aliphatic heterocycles. The summed E-state index contributed by atoms with van der Waals surface area (Å²) in [4.78, 5) is 0. The molecule has 1 nitrogen and oxygen atoms in total. The van der Waals surface area contributed by atoms with Gasteiger partial charge in [-0.2, -0.15) is 0 Å². The standard InChI is InChI=1S/C16H26FNS.C7H14/c1-4-5-6-7-8-11-19-18-14(3)15-9-10-16(17)13(2)12-15;1-2-3-4-7-5-6-7/h9-10,12,14,18H,4-8,11H2,1-3H3;7H,2-6H2,1H3. The van der Waals surface area contributed by atoms with Gasteiger partial charge in [-0.3, -0.25) is 4.72 Å². The van der Waals surface area contributed by atoms with Crippen molar-refractivity contribution >= 4 is 11.9 Å². The van der Waals surface area contributed by atoms with Crippen LogP contribution in [-0.2, 0) is 0 Å². The summed E-state index contributed by atoms with van der Waals surface area (Å²) < 4.78 is 16.6. The van der Waals surface area contributed by atoms with Crippen LogP contribution in [0.15, 0.2) is 18.2 Å². The minimum Gasteiger partial charge on any atom is -0.257 e. The predicted octanol–water partition coefficient (Wildman–Crippen LogP) is 7.99. The van der Waals surface area contributed by atoms with Crippen molar-refractivity contribution in [3.05, 3.63) is 35.1 Å². The van der Waals surface area contributed by atoms with Crippen molar-refractivity contribution in [1.82, 2.24) is 4.72 Å². The fourth-order valence-electron chi connectivity index (χ4n) is 2.87. The third-order valence-corrected chi connectivity index (χ3v) is 5.97. The number of hydrogen-bond donors (Lipinski definition) is 1. The van der Waals surface area contributed by atoms with Gasteiger partial charge in [-0.05, 0) is 43.4 Å². The van der Waals surface area contributed by atoms with Crippen LogP contribution in [0.25, 0.3) is 0 Å². The van der Waals surface area contributed by atoms with Crippen LogP contribution < -0.4 is 4.72 Å². The molecule has 0 bridgehead atoms. The van der Waals surface area contributed by atoms with E-state index in [9.17, 15) is 4.39 Å². The Balaban J connectivity index is 0.000000401. The number of benzene rings is 1. The van der Waals surface area contributed by atoms with Crippen molar-refractivity contribution < 1.29 is 4.39 Å². The van der Waals surface area contributed by atoms with Gasteiger partial charge in [0.25, 0.3) is 0 Å². The summed E-state index contributed by atoms with van der Waals surface area (Å²) in [5.41, 5.74) is 1.87. The smallest absolute Gasteiger partial charge is 0.126 e. The molecule has 1 atom stereocenters. The second kappa shape index (κ2) is 14.5. The quantitative estimate of drug-likeness (QED) is 0.291. The second-order valence-electron chi connectivity index (χ2n) is 7.70. The van der Waals surface area contributed by atoms with E-state index < -0.39 is 0 Å². The third kappa shape index (κ3) is 11.2. The average molecular weight is 382 g/mol. The number of aryl methyl sites for hydroxylation is 1. The van der Waals surface area contributed by atoms with Gasteiger partial charge in [-0.25, -0.2) is 4.39 Å². The molecular weight excluding hydrogens is 341 g/mol. The zero-order chi connectivity index (χ0) is 19.2. The highest BCUT2D eigenvalue weighted by molar-refractivity contribution is 7.97. The number of halogens is 1. The summed E-state index contributed by atoms with van der Waals surface area (Å²) >= 11 is 1.78. The number of hydrogen-bond acceptors (Lipinski definition) is 2. The normalized spacial score (nSPS) is 14.7. The highest BCUT2D eigenvalue weighted by Gasteiger charge is 2.19. The van der Waals surface area contributed by atoms with E-state index in [1.165, 1.54) is 64.2 Å². The van der Waals surface area contributed by atoms with Crippen LogP contribution in [0.1, 0.15) is 102 Å². The molecule has 0 heterocycles. The molecule has 0 radical (unpaired) electrons. The Hall–Kier alpha value is -0.540. The molecule has 1 aliphatic rings. The van der Waals surface area contributed by atoms with Crippen LogP contribution in [0.3, 0.4) is 0 Å². The molecule has 1 aromatic carbocycles. The van der Waals surface area contributed by atoms with Crippen LogP contribution in [0.5, 0.6) is 0 Å². The van der Waals surface area contributed by atoms with Crippen LogP contribution in [0, 0.1) is 18.7 Å². The highest BCUT2D eigenvalue weighted by Crippen LogP contribution is 2.33. The first-order valence-corrected chi connectivity index (χ1v) is 11.7. The van der Waals surface area contributed by atoms with Crippen molar-refractivity contribution in [2.75, 3.05) is 5.75 Å². The molecule has 0 spiro atoms. The van der Waals surface area contributed by atoms with Gasteiger partial charge in [-0.1, -0.05) is 95.7 Å². The van der Waals surface area contributed by atoms with Gasteiger partial charge < -0.3 is 0 Å². The Morgan fingerprint density at radius 3 is 2.38 bits per heavy atom. The minimum atomic E-state index is -0.125. The van der Waals surface area contributed by atoms with Crippen LogP contribution >= 0.6 is 11.9 Å². The largest absolute Gasteiger partial charge is 0.257 e.